The molecule has 0 radical (unpaired) electrons. The van der Waals surface area contributed by atoms with Gasteiger partial charge in [-0.25, -0.2) is 4.98 Å². The summed E-state index contributed by atoms with van der Waals surface area (Å²) >= 11 is 1.81. The van der Waals surface area contributed by atoms with E-state index < -0.39 is 0 Å². The lowest BCUT2D eigenvalue weighted by Crippen LogP contribution is -2.37. The predicted molar refractivity (Wildman–Crippen MR) is 106 cm³/mol. The number of para-hydroxylation sites is 2. The number of morpholine rings is 1. The molecule has 5 nitrogen and oxygen atoms in total. The lowest BCUT2D eigenvalue weighted by atomic mass is 10.2. The standard InChI is InChI=1S/C20H23N3O2S/c1-24-17-8-6-16(7-9-17)23-19-5-3-2-4-18(19)21-20(23)26-15-12-22-10-13-25-14-11-22/h2-9H,10-15H2,1H3. The molecule has 0 aliphatic carbocycles. The number of benzene rings is 2. The minimum absolute atomic E-state index is 0.842. The van der Waals surface area contributed by atoms with Crippen LogP contribution in [0.1, 0.15) is 0 Å². The summed E-state index contributed by atoms with van der Waals surface area (Å²) in [6.45, 7) is 4.79. The van der Waals surface area contributed by atoms with Crippen molar-refractivity contribution in [2.75, 3.05) is 45.7 Å². The Kier molecular flexibility index (Phi) is 5.43. The van der Waals surface area contributed by atoms with Crippen molar-refractivity contribution >= 4 is 22.8 Å². The molecule has 1 saturated heterocycles. The maximum Gasteiger partial charge on any atom is 0.173 e. The summed E-state index contributed by atoms with van der Waals surface area (Å²) in [7, 11) is 1.69. The minimum Gasteiger partial charge on any atom is -0.497 e. The van der Waals surface area contributed by atoms with E-state index in [-0.39, 0.29) is 0 Å². The summed E-state index contributed by atoms with van der Waals surface area (Å²) in [5, 5.41) is 1.03. The molecule has 4 rings (SSSR count). The van der Waals surface area contributed by atoms with Gasteiger partial charge in [0.05, 0.1) is 31.4 Å². The molecule has 0 amide bonds. The third-order valence-corrected chi connectivity index (χ3v) is 5.52. The molecular weight excluding hydrogens is 346 g/mol. The first-order chi connectivity index (χ1) is 12.8. The number of imidazole rings is 1. The molecule has 6 heteroatoms. The number of hydrogen-bond donors (Lipinski definition) is 0. The van der Waals surface area contributed by atoms with Crippen LogP contribution in [0.5, 0.6) is 5.75 Å². The van der Waals surface area contributed by atoms with Gasteiger partial charge in [-0.3, -0.25) is 9.47 Å². The molecule has 1 aromatic heterocycles. The summed E-state index contributed by atoms with van der Waals surface area (Å²) in [5.74, 6) is 1.87. The van der Waals surface area contributed by atoms with Crippen molar-refractivity contribution in [3.05, 3.63) is 48.5 Å². The summed E-state index contributed by atoms with van der Waals surface area (Å²) in [6.07, 6.45) is 0. The van der Waals surface area contributed by atoms with Crippen LogP contribution in [-0.4, -0.2) is 60.2 Å². The molecule has 0 spiro atoms. The zero-order valence-corrected chi connectivity index (χ0v) is 15.7. The Bertz CT molecular complexity index is 857. The highest BCUT2D eigenvalue weighted by molar-refractivity contribution is 7.99. The van der Waals surface area contributed by atoms with E-state index in [9.17, 15) is 0 Å². The predicted octanol–water partition coefficient (Wildman–Crippen LogP) is 3.46. The second kappa shape index (κ2) is 8.12. The van der Waals surface area contributed by atoms with E-state index in [0.29, 0.717) is 0 Å². The first-order valence-corrected chi connectivity index (χ1v) is 9.88. The molecule has 3 aromatic rings. The summed E-state index contributed by atoms with van der Waals surface area (Å²) < 4.78 is 13.0. The van der Waals surface area contributed by atoms with Gasteiger partial charge in [-0.1, -0.05) is 23.9 Å². The van der Waals surface area contributed by atoms with Crippen LogP contribution in [0.25, 0.3) is 16.7 Å². The van der Waals surface area contributed by atoms with Gasteiger partial charge < -0.3 is 9.47 Å². The van der Waals surface area contributed by atoms with Gasteiger partial charge in [-0.2, -0.15) is 0 Å². The van der Waals surface area contributed by atoms with Crippen molar-refractivity contribution in [2.24, 2.45) is 0 Å². The lowest BCUT2D eigenvalue weighted by Gasteiger charge is -2.26. The summed E-state index contributed by atoms with van der Waals surface area (Å²) in [4.78, 5) is 7.32. The molecule has 2 heterocycles. The van der Waals surface area contributed by atoms with Gasteiger partial charge in [0.2, 0.25) is 0 Å². The highest BCUT2D eigenvalue weighted by Crippen LogP contribution is 2.28. The average molecular weight is 369 g/mol. The molecule has 26 heavy (non-hydrogen) atoms. The smallest absolute Gasteiger partial charge is 0.173 e. The van der Waals surface area contributed by atoms with E-state index in [1.807, 2.05) is 30.0 Å². The molecule has 1 aliphatic heterocycles. The minimum atomic E-state index is 0.842. The Balaban J connectivity index is 1.58. The number of nitrogens with zero attached hydrogens (tertiary/aromatic N) is 3. The molecular formula is C20H23N3O2S. The monoisotopic (exact) mass is 369 g/mol. The van der Waals surface area contributed by atoms with Crippen molar-refractivity contribution in [2.45, 2.75) is 5.16 Å². The van der Waals surface area contributed by atoms with Crippen LogP contribution in [0.4, 0.5) is 0 Å². The maximum absolute atomic E-state index is 5.42. The van der Waals surface area contributed by atoms with Crippen LogP contribution in [0.2, 0.25) is 0 Å². The van der Waals surface area contributed by atoms with Crippen LogP contribution < -0.4 is 4.74 Å². The average Bonchev–Trinajstić information content (AvgIpc) is 3.07. The molecule has 0 atom stereocenters. The van der Waals surface area contributed by atoms with Gasteiger partial charge in [0.15, 0.2) is 5.16 Å². The van der Waals surface area contributed by atoms with Crippen molar-refractivity contribution < 1.29 is 9.47 Å². The molecule has 0 saturated carbocycles. The topological polar surface area (TPSA) is 39.5 Å². The van der Waals surface area contributed by atoms with Gasteiger partial charge in [0, 0.05) is 31.1 Å². The van der Waals surface area contributed by atoms with E-state index in [1.165, 1.54) is 0 Å². The normalized spacial score (nSPS) is 15.4. The number of thioether (sulfide) groups is 1. The van der Waals surface area contributed by atoms with Crippen LogP contribution in [0.15, 0.2) is 53.7 Å². The largest absolute Gasteiger partial charge is 0.497 e. The highest BCUT2D eigenvalue weighted by atomic mass is 32.2. The molecule has 0 unspecified atom stereocenters. The van der Waals surface area contributed by atoms with Gasteiger partial charge in [-0.05, 0) is 36.4 Å². The lowest BCUT2D eigenvalue weighted by molar-refractivity contribution is 0.0410. The Morgan fingerprint density at radius 1 is 1.08 bits per heavy atom. The zero-order chi connectivity index (χ0) is 17.8. The number of hydrogen-bond acceptors (Lipinski definition) is 5. The SMILES string of the molecule is COc1ccc(-n2c(SCCN3CCOCC3)nc3ccccc32)cc1. The number of fused-ring (bicyclic) bond motifs is 1. The van der Waals surface area contributed by atoms with E-state index in [0.717, 1.165) is 66.2 Å². The molecule has 1 fully saturated rings. The third kappa shape index (κ3) is 3.72. The molecule has 1 aliphatic rings. The zero-order valence-electron chi connectivity index (χ0n) is 14.9. The number of ether oxygens (including phenoxy) is 2. The second-order valence-electron chi connectivity index (χ2n) is 6.22. The van der Waals surface area contributed by atoms with E-state index >= 15 is 0 Å². The van der Waals surface area contributed by atoms with Crippen molar-refractivity contribution in [1.29, 1.82) is 0 Å². The summed E-state index contributed by atoms with van der Waals surface area (Å²) in [6, 6.07) is 16.4. The van der Waals surface area contributed by atoms with Crippen LogP contribution >= 0.6 is 11.8 Å². The number of methoxy groups -OCH3 is 1. The fraction of sp³-hybridized carbons (Fsp3) is 0.350. The molecule has 0 N–H and O–H groups in total. The van der Waals surface area contributed by atoms with Gasteiger partial charge >= 0.3 is 0 Å². The quantitative estimate of drug-likeness (QED) is 0.622. The first-order valence-electron chi connectivity index (χ1n) is 8.90. The Morgan fingerprint density at radius 2 is 1.85 bits per heavy atom. The summed E-state index contributed by atoms with van der Waals surface area (Å²) in [5.41, 5.74) is 3.26. The van der Waals surface area contributed by atoms with Crippen molar-refractivity contribution in [3.63, 3.8) is 0 Å². The van der Waals surface area contributed by atoms with Gasteiger partial charge in [0.25, 0.3) is 0 Å². The van der Waals surface area contributed by atoms with Crippen LogP contribution in [-0.2, 0) is 4.74 Å². The van der Waals surface area contributed by atoms with Crippen LogP contribution in [0.3, 0.4) is 0 Å². The molecule has 0 bridgehead atoms. The van der Waals surface area contributed by atoms with Crippen molar-refractivity contribution in [1.82, 2.24) is 14.5 Å². The third-order valence-electron chi connectivity index (χ3n) is 4.60. The fourth-order valence-electron chi connectivity index (χ4n) is 3.17. The Hall–Kier alpha value is -2.02. The Morgan fingerprint density at radius 3 is 2.62 bits per heavy atom. The van der Waals surface area contributed by atoms with Crippen LogP contribution in [0, 0.1) is 0 Å². The van der Waals surface area contributed by atoms with Crippen molar-refractivity contribution in [3.8, 4) is 11.4 Å². The Labute approximate surface area is 157 Å². The number of rotatable bonds is 6. The first kappa shape index (κ1) is 17.4. The van der Waals surface area contributed by atoms with Gasteiger partial charge in [0.1, 0.15) is 5.75 Å². The maximum atomic E-state index is 5.42. The van der Waals surface area contributed by atoms with E-state index in [4.69, 9.17) is 14.5 Å². The fourth-order valence-corrected chi connectivity index (χ4v) is 4.20. The van der Waals surface area contributed by atoms with E-state index in [1.54, 1.807) is 7.11 Å². The molecule has 136 valence electrons. The highest BCUT2D eigenvalue weighted by Gasteiger charge is 2.14. The van der Waals surface area contributed by atoms with E-state index in [2.05, 4.69) is 39.8 Å². The van der Waals surface area contributed by atoms with Gasteiger partial charge in [-0.15, -0.1) is 0 Å². The second-order valence-corrected chi connectivity index (χ2v) is 7.28. The number of aromatic nitrogens is 2. The molecule has 2 aromatic carbocycles.